The first kappa shape index (κ1) is 14.7. The molecule has 3 nitrogen and oxygen atoms in total. The van der Waals surface area contributed by atoms with Crippen LogP contribution in [0, 0.1) is 0 Å². The highest BCUT2D eigenvalue weighted by Crippen LogP contribution is 2.17. The molecule has 1 amide bonds. The number of carbonyl (C=O) groups is 1. The molecule has 20 heavy (non-hydrogen) atoms. The molecule has 0 radical (unpaired) electrons. The Balaban J connectivity index is 1.89. The quantitative estimate of drug-likeness (QED) is 0.845. The number of hydrogen-bond donors (Lipinski definition) is 1. The highest BCUT2D eigenvalue weighted by Gasteiger charge is 2.04. The van der Waals surface area contributed by atoms with E-state index < -0.39 is 0 Å². The number of alkyl halides is 1. The van der Waals surface area contributed by atoms with Crippen LogP contribution in [0.25, 0.3) is 0 Å². The van der Waals surface area contributed by atoms with Crippen molar-refractivity contribution in [3.05, 3.63) is 59.1 Å². The fourth-order valence-electron chi connectivity index (χ4n) is 1.63. The lowest BCUT2D eigenvalue weighted by Gasteiger charge is -2.08. The van der Waals surface area contributed by atoms with Crippen molar-refractivity contribution in [3.63, 3.8) is 0 Å². The van der Waals surface area contributed by atoms with Gasteiger partial charge in [-0.3, -0.25) is 4.79 Å². The zero-order valence-electron chi connectivity index (χ0n) is 10.6. The molecule has 0 spiro atoms. The van der Waals surface area contributed by atoms with Gasteiger partial charge in [-0.15, -0.1) is 11.6 Å². The molecule has 0 fully saturated rings. The van der Waals surface area contributed by atoms with E-state index in [9.17, 15) is 4.79 Å². The summed E-state index contributed by atoms with van der Waals surface area (Å²) >= 11 is 11.6. The third-order valence-electron chi connectivity index (χ3n) is 2.53. The zero-order chi connectivity index (χ0) is 14.4. The molecule has 0 bridgehead atoms. The molecule has 0 atom stereocenters. The van der Waals surface area contributed by atoms with E-state index in [4.69, 9.17) is 27.9 Å². The Morgan fingerprint density at radius 2 is 1.95 bits per heavy atom. The van der Waals surface area contributed by atoms with Crippen LogP contribution < -0.4 is 10.1 Å². The second-order valence-corrected chi connectivity index (χ2v) is 4.83. The van der Waals surface area contributed by atoms with Gasteiger partial charge >= 0.3 is 0 Å². The number of nitrogens with one attached hydrogen (secondary N) is 1. The summed E-state index contributed by atoms with van der Waals surface area (Å²) in [5.74, 6) is 0.724. The molecule has 0 saturated carbocycles. The molecule has 0 aliphatic rings. The van der Waals surface area contributed by atoms with Crippen LogP contribution in [0.4, 0.5) is 5.69 Å². The monoisotopic (exact) mass is 309 g/mol. The number of halogens is 2. The van der Waals surface area contributed by atoms with Crippen molar-refractivity contribution in [1.82, 2.24) is 0 Å². The zero-order valence-corrected chi connectivity index (χ0v) is 12.1. The second kappa shape index (κ2) is 7.17. The number of benzene rings is 2. The minimum absolute atomic E-state index is 0.0779. The van der Waals surface area contributed by atoms with Gasteiger partial charge in [0, 0.05) is 16.6 Å². The van der Waals surface area contributed by atoms with E-state index in [0.29, 0.717) is 22.3 Å². The fourth-order valence-corrected chi connectivity index (χ4v) is 1.98. The molecular weight excluding hydrogens is 297 g/mol. The van der Waals surface area contributed by atoms with Gasteiger partial charge in [0.1, 0.15) is 5.75 Å². The van der Waals surface area contributed by atoms with Gasteiger partial charge in [0.05, 0.1) is 0 Å². The summed E-state index contributed by atoms with van der Waals surface area (Å²) in [5.41, 5.74) is 1.64. The summed E-state index contributed by atoms with van der Waals surface area (Å²) in [7, 11) is 0. The number of anilines is 1. The van der Waals surface area contributed by atoms with Crippen molar-refractivity contribution in [2.75, 3.05) is 11.9 Å². The van der Waals surface area contributed by atoms with Crippen molar-refractivity contribution in [2.24, 2.45) is 0 Å². The lowest BCUT2D eigenvalue weighted by atomic mass is 10.2. The maximum absolute atomic E-state index is 11.8. The van der Waals surface area contributed by atoms with Crippen LogP contribution in [0.1, 0.15) is 5.56 Å². The molecule has 2 aromatic carbocycles. The van der Waals surface area contributed by atoms with Crippen molar-refractivity contribution >= 4 is 34.8 Å². The molecule has 0 aliphatic heterocycles. The Morgan fingerprint density at radius 3 is 2.70 bits per heavy atom. The average Bonchev–Trinajstić information content (AvgIpc) is 2.45. The van der Waals surface area contributed by atoms with Gasteiger partial charge in [0.25, 0.3) is 5.91 Å². The predicted octanol–water partition coefficient (Wildman–Crippen LogP) is 4.10. The van der Waals surface area contributed by atoms with Crippen LogP contribution in [0.3, 0.4) is 0 Å². The van der Waals surface area contributed by atoms with Crippen molar-refractivity contribution in [2.45, 2.75) is 5.88 Å². The first-order valence-electron chi connectivity index (χ1n) is 6.00. The van der Waals surface area contributed by atoms with Gasteiger partial charge in [-0.1, -0.05) is 29.8 Å². The van der Waals surface area contributed by atoms with E-state index in [1.165, 1.54) is 0 Å². The number of carbonyl (C=O) groups excluding carboxylic acids is 1. The summed E-state index contributed by atoms with van der Waals surface area (Å²) < 4.78 is 5.35. The van der Waals surface area contributed by atoms with Gasteiger partial charge < -0.3 is 10.1 Å². The maximum atomic E-state index is 11.8. The standard InChI is InChI=1S/C15H13Cl2NO2/c16-9-11-3-1-5-13(7-11)18-15(19)10-20-14-6-2-4-12(17)8-14/h1-8H,9-10H2,(H,18,19). The molecule has 5 heteroatoms. The maximum Gasteiger partial charge on any atom is 0.262 e. The molecule has 2 aromatic rings. The van der Waals surface area contributed by atoms with Crippen molar-refractivity contribution in [1.29, 1.82) is 0 Å². The van der Waals surface area contributed by atoms with E-state index in [-0.39, 0.29) is 12.5 Å². The minimum atomic E-state index is -0.239. The largest absolute Gasteiger partial charge is 0.484 e. The van der Waals surface area contributed by atoms with Crippen molar-refractivity contribution < 1.29 is 9.53 Å². The van der Waals surface area contributed by atoms with Crippen molar-refractivity contribution in [3.8, 4) is 5.75 Å². The summed E-state index contributed by atoms with van der Waals surface area (Å²) in [4.78, 5) is 11.8. The van der Waals surface area contributed by atoms with E-state index >= 15 is 0 Å². The SMILES string of the molecule is O=C(COc1cccc(Cl)c1)Nc1cccc(CCl)c1. The third-order valence-corrected chi connectivity index (χ3v) is 3.07. The fraction of sp³-hybridized carbons (Fsp3) is 0.133. The van der Waals surface area contributed by atoms with Crippen LogP contribution in [-0.2, 0) is 10.7 Å². The topological polar surface area (TPSA) is 38.3 Å². The Labute approximate surface area is 127 Å². The van der Waals surface area contributed by atoms with E-state index in [0.717, 1.165) is 5.56 Å². The first-order chi connectivity index (χ1) is 9.67. The van der Waals surface area contributed by atoms with Gasteiger partial charge in [-0.25, -0.2) is 0 Å². The Kier molecular flexibility index (Phi) is 5.27. The molecule has 0 aromatic heterocycles. The molecule has 104 valence electrons. The highest BCUT2D eigenvalue weighted by atomic mass is 35.5. The summed E-state index contributed by atoms with van der Waals surface area (Å²) in [6, 6.07) is 14.3. The van der Waals surface area contributed by atoms with E-state index in [2.05, 4.69) is 5.32 Å². The second-order valence-electron chi connectivity index (χ2n) is 4.13. The first-order valence-corrected chi connectivity index (χ1v) is 6.92. The Bertz CT molecular complexity index is 602. The predicted molar refractivity (Wildman–Crippen MR) is 81.6 cm³/mol. The molecule has 0 aliphatic carbocycles. The van der Waals surface area contributed by atoms with Crippen LogP contribution in [0.2, 0.25) is 5.02 Å². The number of ether oxygens (including phenoxy) is 1. The minimum Gasteiger partial charge on any atom is -0.484 e. The smallest absolute Gasteiger partial charge is 0.262 e. The summed E-state index contributed by atoms with van der Waals surface area (Å²) in [5, 5.41) is 3.31. The van der Waals surface area contributed by atoms with Gasteiger partial charge in [0.15, 0.2) is 6.61 Å². The lowest BCUT2D eigenvalue weighted by molar-refractivity contribution is -0.118. The van der Waals surface area contributed by atoms with E-state index in [1.54, 1.807) is 30.3 Å². The normalized spacial score (nSPS) is 10.1. The molecule has 0 saturated heterocycles. The molecule has 1 N–H and O–H groups in total. The number of rotatable bonds is 5. The van der Waals surface area contributed by atoms with E-state index in [1.807, 2.05) is 18.2 Å². The van der Waals surface area contributed by atoms with Gasteiger partial charge in [-0.05, 0) is 35.9 Å². The molecule has 2 rings (SSSR count). The Hall–Kier alpha value is -1.71. The summed E-state index contributed by atoms with van der Waals surface area (Å²) in [6.45, 7) is -0.0779. The summed E-state index contributed by atoms with van der Waals surface area (Å²) in [6.07, 6.45) is 0. The van der Waals surface area contributed by atoms with Crippen LogP contribution >= 0.6 is 23.2 Å². The van der Waals surface area contributed by atoms with Gasteiger partial charge in [0.2, 0.25) is 0 Å². The number of hydrogen-bond acceptors (Lipinski definition) is 2. The molecule has 0 heterocycles. The third kappa shape index (κ3) is 4.44. The molecule has 0 unspecified atom stereocenters. The van der Waals surface area contributed by atoms with Gasteiger partial charge in [-0.2, -0.15) is 0 Å². The van der Waals surface area contributed by atoms with Crippen LogP contribution in [-0.4, -0.2) is 12.5 Å². The molecular formula is C15H13Cl2NO2. The highest BCUT2D eigenvalue weighted by molar-refractivity contribution is 6.30. The Morgan fingerprint density at radius 1 is 1.15 bits per heavy atom. The lowest BCUT2D eigenvalue weighted by Crippen LogP contribution is -2.20. The number of amides is 1. The van der Waals surface area contributed by atoms with Crippen LogP contribution in [0.15, 0.2) is 48.5 Å². The van der Waals surface area contributed by atoms with Crippen LogP contribution in [0.5, 0.6) is 5.75 Å². The average molecular weight is 310 g/mol.